The van der Waals surface area contributed by atoms with E-state index in [0.29, 0.717) is 6.42 Å². The zero-order valence-corrected chi connectivity index (χ0v) is 12.9. The standard InChI is InChI=1S/C13H18N2O3S2/c1-2-19-12-6-4-3-5-11(12)15-13(16)14-10-7-8-20(17,18)9-10/h3-6,10H,2,7-9H2,1H3,(H2,14,15,16). The Morgan fingerprint density at radius 2 is 2.15 bits per heavy atom. The molecule has 2 amide bonds. The van der Waals surface area contributed by atoms with Crippen molar-refractivity contribution in [2.24, 2.45) is 0 Å². The Morgan fingerprint density at radius 3 is 2.80 bits per heavy atom. The normalized spacial score (nSPS) is 20.6. The predicted molar refractivity (Wildman–Crippen MR) is 82.1 cm³/mol. The van der Waals surface area contributed by atoms with Crippen LogP contribution in [0.15, 0.2) is 29.2 Å². The summed E-state index contributed by atoms with van der Waals surface area (Å²) in [6.45, 7) is 2.05. The van der Waals surface area contributed by atoms with Crippen LogP contribution in [-0.2, 0) is 9.84 Å². The minimum Gasteiger partial charge on any atom is -0.334 e. The van der Waals surface area contributed by atoms with E-state index in [0.717, 1.165) is 16.3 Å². The predicted octanol–water partition coefficient (Wildman–Crippen LogP) is 2.11. The maximum absolute atomic E-state index is 11.9. The highest BCUT2D eigenvalue weighted by molar-refractivity contribution is 7.99. The lowest BCUT2D eigenvalue weighted by Gasteiger charge is -2.14. The summed E-state index contributed by atoms with van der Waals surface area (Å²) in [6, 6.07) is 6.93. The average Bonchev–Trinajstić information content (AvgIpc) is 2.71. The number of rotatable bonds is 4. The van der Waals surface area contributed by atoms with E-state index in [1.807, 2.05) is 31.2 Å². The second-order valence-electron chi connectivity index (χ2n) is 4.63. The molecule has 1 saturated heterocycles. The molecule has 1 unspecified atom stereocenters. The average molecular weight is 314 g/mol. The monoisotopic (exact) mass is 314 g/mol. The van der Waals surface area contributed by atoms with Crippen molar-refractivity contribution in [1.82, 2.24) is 5.32 Å². The van der Waals surface area contributed by atoms with Crippen LogP contribution in [0.1, 0.15) is 13.3 Å². The van der Waals surface area contributed by atoms with Gasteiger partial charge in [0.05, 0.1) is 17.2 Å². The van der Waals surface area contributed by atoms with Crippen molar-refractivity contribution in [2.75, 3.05) is 22.6 Å². The third kappa shape index (κ3) is 4.14. The van der Waals surface area contributed by atoms with Gasteiger partial charge in [0.25, 0.3) is 0 Å². The first-order valence-corrected chi connectivity index (χ1v) is 9.30. The fourth-order valence-corrected chi connectivity index (χ4v) is 4.54. The Hall–Kier alpha value is -1.21. The number of hydrogen-bond donors (Lipinski definition) is 2. The Bertz CT molecular complexity index is 587. The van der Waals surface area contributed by atoms with Gasteiger partial charge < -0.3 is 10.6 Å². The lowest BCUT2D eigenvalue weighted by molar-refractivity contribution is 0.249. The molecule has 1 aromatic carbocycles. The molecule has 1 aliphatic rings. The number of para-hydroxylation sites is 1. The Labute approximate surface area is 123 Å². The van der Waals surface area contributed by atoms with Crippen LogP contribution in [0.4, 0.5) is 10.5 Å². The van der Waals surface area contributed by atoms with Crippen molar-refractivity contribution < 1.29 is 13.2 Å². The van der Waals surface area contributed by atoms with E-state index in [-0.39, 0.29) is 23.6 Å². The first-order chi connectivity index (χ1) is 9.50. The van der Waals surface area contributed by atoms with Crippen molar-refractivity contribution in [3.8, 4) is 0 Å². The first kappa shape index (κ1) is 15.2. The van der Waals surface area contributed by atoms with Gasteiger partial charge in [0.1, 0.15) is 0 Å². The van der Waals surface area contributed by atoms with Gasteiger partial charge in [-0.25, -0.2) is 13.2 Å². The maximum atomic E-state index is 11.9. The molecule has 1 atom stereocenters. The minimum atomic E-state index is -2.98. The number of hydrogen-bond acceptors (Lipinski definition) is 4. The molecule has 110 valence electrons. The third-order valence-electron chi connectivity index (χ3n) is 3.00. The molecular weight excluding hydrogens is 296 g/mol. The fourth-order valence-electron chi connectivity index (χ4n) is 2.10. The summed E-state index contributed by atoms with van der Waals surface area (Å²) < 4.78 is 22.7. The van der Waals surface area contributed by atoms with Gasteiger partial charge in [-0.05, 0) is 24.3 Å². The van der Waals surface area contributed by atoms with Crippen molar-refractivity contribution in [1.29, 1.82) is 0 Å². The van der Waals surface area contributed by atoms with Crippen LogP contribution in [-0.4, -0.2) is 37.7 Å². The van der Waals surface area contributed by atoms with E-state index in [1.165, 1.54) is 0 Å². The SMILES string of the molecule is CCSc1ccccc1NC(=O)NC1CCS(=O)(=O)C1. The van der Waals surface area contributed by atoms with Gasteiger partial charge in [0, 0.05) is 10.9 Å². The van der Waals surface area contributed by atoms with E-state index in [1.54, 1.807) is 11.8 Å². The lowest BCUT2D eigenvalue weighted by Crippen LogP contribution is -2.38. The number of amides is 2. The molecule has 0 bridgehead atoms. The van der Waals surface area contributed by atoms with Gasteiger partial charge in [-0.15, -0.1) is 11.8 Å². The maximum Gasteiger partial charge on any atom is 0.319 e. The highest BCUT2D eigenvalue weighted by Gasteiger charge is 2.28. The van der Waals surface area contributed by atoms with Crippen molar-refractivity contribution >= 4 is 33.3 Å². The molecule has 1 aliphatic heterocycles. The molecule has 0 aromatic heterocycles. The highest BCUT2D eigenvalue weighted by atomic mass is 32.2. The number of sulfone groups is 1. The van der Waals surface area contributed by atoms with Crippen LogP contribution >= 0.6 is 11.8 Å². The number of urea groups is 1. The molecular formula is C13H18N2O3S2. The van der Waals surface area contributed by atoms with Crippen molar-refractivity contribution in [3.63, 3.8) is 0 Å². The van der Waals surface area contributed by atoms with Crippen LogP contribution in [0.2, 0.25) is 0 Å². The Balaban J connectivity index is 1.95. The highest BCUT2D eigenvalue weighted by Crippen LogP contribution is 2.26. The van der Waals surface area contributed by atoms with E-state index < -0.39 is 9.84 Å². The molecule has 0 radical (unpaired) electrons. The molecule has 0 aliphatic carbocycles. The summed E-state index contributed by atoms with van der Waals surface area (Å²) in [4.78, 5) is 12.9. The van der Waals surface area contributed by atoms with Gasteiger partial charge in [0.15, 0.2) is 9.84 Å². The molecule has 2 N–H and O–H groups in total. The van der Waals surface area contributed by atoms with Gasteiger partial charge in [-0.1, -0.05) is 19.1 Å². The number of anilines is 1. The second kappa shape index (κ2) is 6.49. The van der Waals surface area contributed by atoms with Crippen LogP contribution in [0.25, 0.3) is 0 Å². The molecule has 1 aromatic rings. The Kier molecular flexibility index (Phi) is 4.93. The molecule has 0 saturated carbocycles. The number of carbonyl (C=O) groups is 1. The zero-order valence-electron chi connectivity index (χ0n) is 11.3. The number of benzene rings is 1. The van der Waals surface area contributed by atoms with Crippen molar-refractivity contribution in [2.45, 2.75) is 24.3 Å². The van der Waals surface area contributed by atoms with Gasteiger partial charge in [0.2, 0.25) is 0 Å². The topological polar surface area (TPSA) is 75.3 Å². The zero-order chi connectivity index (χ0) is 14.6. The summed E-state index contributed by atoms with van der Waals surface area (Å²) in [5, 5.41) is 5.50. The molecule has 1 heterocycles. The van der Waals surface area contributed by atoms with Crippen molar-refractivity contribution in [3.05, 3.63) is 24.3 Å². The lowest BCUT2D eigenvalue weighted by atomic mass is 10.3. The molecule has 0 spiro atoms. The molecule has 1 fully saturated rings. The molecule has 20 heavy (non-hydrogen) atoms. The second-order valence-corrected chi connectivity index (χ2v) is 8.16. The largest absolute Gasteiger partial charge is 0.334 e. The van der Waals surface area contributed by atoms with E-state index in [9.17, 15) is 13.2 Å². The van der Waals surface area contributed by atoms with Gasteiger partial charge in [-0.2, -0.15) is 0 Å². The van der Waals surface area contributed by atoms with Gasteiger partial charge in [-0.3, -0.25) is 0 Å². The van der Waals surface area contributed by atoms with Crippen LogP contribution in [0, 0.1) is 0 Å². The minimum absolute atomic E-state index is 0.0335. The van der Waals surface area contributed by atoms with E-state index in [4.69, 9.17) is 0 Å². The first-order valence-electron chi connectivity index (χ1n) is 6.50. The third-order valence-corrected chi connectivity index (χ3v) is 5.73. The summed E-state index contributed by atoms with van der Waals surface area (Å²) >= 11 is 1.65. The fraction of sp³-hybridized carbons (Fsp3) is 0.462. The van der Waals surface area contributed by atoms with Crippen LogP contribution in [0.3, 0.4) is 0 Å². The summed E-state index contributed by atoms with van der Waals surface area (Å²) in [5.74, 6) is 1.10. The molecule has 5 nitrogen and oxygen atoms in total. The number of nitrogens with one attached hydrogen (secondary N) is 2. The smallest absolute Gasteiger partial charge is 0.319 e. The summed E-state index contributed by atoms with van der Waals surface area (Å²) in [5.41, 5.74) is 0.748. The summed E-state index contributed by atoms with van der Waals surface area (Å²) in [6.07, 6.45) is 0.487. The quantitative estimate of drug-likeness (QED) is 0.835. The molecule has 7 heteroatoms. The van der Waals surface area contributed by atoms with Gasteiger partial charge >= 0.3 is 6.03 Å². The number of thioether (sulfide) groups is 1. The van der Waals surface area contributed by atoms with Crippen LogP contribution < -0.4 is 10.6 Å². The Morgan fingerprint density at radius 1 is 1.40 bits per heavy atom. The van der Waals surface area contributed by atoms with Crippen LogP contribution in [0.5, 0.6) is 0 Å². The van der Waals surface area contributed by atoms with E-state index >= 15 is 0 Å². The van der Waals surface area contributed by atoms with E-state index in [2.05, 4.69) is 10.6 Å². The molecule has 2 rings (SSSR count). The summed E-state index contributed by atoms with van der Waals surface area (Å²) in [7, 11) is -2.98. The number of carbonyl (C=O) groups excluding carboxylic acids is 1.